The Morgan fingerprint density at radius 3 is 2.86 bits per heavy atom. The van der Waals surface area contributed by atoms with Crippen molar-refractivity contribution in [2.24, 2.45) is 5.92 Å². The summed E-state index contributed by atoms with van der Waals surface area (Å²) in [6.45, 7) is 4.48. The van der Waals surface area contributed by atoms with Crippen LogP contribution in [-0.4, -0.2) is 48.7 Å². The van der Waals surface area contributed by atoms with E-state index in [0.717, 1.165) is 44.9 Å². The van der Waals surface area contributed by atoms with Crippen molar-refractivity contribution in [3.05, 3.63) is 0 Å². The van der Waals surface area contributed by atoms with Gasteiger partial charge in [-0.25, -0.2) is 0 Å². The molecule has 1 amide bonds. The molecule has 0 aromatic carbocycles. The van der Waals surface area contributed by atoms with E-state index in [2.05, 4.69) is 5.32 Å². The Bertz CT molecular complexity index is 359. The molecule has 0 radical (unpaired) electrons. The minimum atomic E-state index is 0.0599. The second kappa shape index (κ2) is 7.10. The number of piperidine rings is 2. The Balaban J connectivity index is 1.55. The molecule has 1 aliphatic carbocycles. The SMILES string of the molecule is CCOC1CCCN(C(=O)C2CCC3CCCCC3N2)C1. The summed E-state index contributed by atoms with van der Waals surface area (Å²) in [6, 6.07) is 0.652. The maximum absolute atomic E-state index is 12.8. The predicted octanol–water partition coefficient (Wildman–Crippen LogP) is 2.32. The van der Waals surface area contributed by atoms with Gasteiger partial charge in [-0.3, -0.25) is 4.79 Å². The van der Waals surface area contributed by atoms with Crippen molar-refractivity contribution in [2.75, 3.05) is 19.7 Å². The maximum atomic E-state index is 12.8. The Morgan fingerprint density at radius 2 is 2.00 bits per heavy atom. The molecular weight excluding hydrogens is 264 g/mol. The molecule has 120 valence electrons. The van der Waals surface area contributed by atoms with Crippen LogP contribution in [0, 0.1) is 5.92 Å². The molecule has 0 aromatic rings. The Kier molecular flexibility index (Phi) is 5.17. The van der Waals surface area contributed by atoms with Crippen LogP contribution in [0.25, 0.3) is 0 Å². The number of nitrogens with zero attached hydrogens (tertiary/aromatic N) is 1. The molecule has 21 heavy (non-hydrogen) atoms. The average molecular weight is 294 g/mol. The van der Waals surface area contributed by atoms with Crippen LogP contribution in [0.1, 0.15) is 58.3 Å². The summed E-state index contributed by atoms with van der Waals surface area (Å²) < 4.78 is 5.72. The van der Waals surface area contributed by atoms with Crippen molar-refractivity contribution in [3.8, 4) is 0 Å². The van der Waals surface area contributed by atoms with Crippen LogP contribution < -0.4 is 5.32 Å². The summed E-state index contributed by atoms with van der Waals surface area (Å²) in [6.07, 6.45) is 10.0. The van der Waals surface area contributed by atoms with Crippen molar-refractivity contribution < 1.29 is 9.53 Å². The fourth-order valence-electron chi connectivity index (χ4n) is 4.42. The van der Waals surface area contributed by atoms with E-state index in [0.29, 0.717) is 11.9 Å². The molecule has 1 N–H and O–H groups in total. The lowest BCUT2D eigenvalue weighted by Gasteiger charge is -2.42. The third kappa shape index (κ3) is 3.59. The molecule has 3 fully saturated rings. The van der Waals surface area contributed by atoms with Gasteiger partial charge >= 0.3 is 0 Å². The van der Waals surface area contributed by atoms with Crippen molar-refractivity contribution in [3.63, 3.8) is 0 Å². The summed E-state index contributed by atoms with van der Waals surface area (Å²) in [5.41, 5.74) is 0. The topological polar surface area (TPSA) is 41.6 Å². The molecule has 2 aliphatic heterocycles. The molecule has 0 aromatic heterocycles. The zero-order chi connectivity index (χ0) is 14.7. The molecule has 3 aliphatic rings. The van der Waals surface area contributed by atoms with Crippen LogP contribution in [0.3, 0.4) is 0 Å². The van der Waals surface area contributed by atoms with Crippen molar-refractivity contribution in [1.29, 1.82) is 0 Å². The quantitative estimate of drug-likeness (QED) is 0.868. The highest BCUT2D eigenvalue weighted by Gasteiger charge is 2.37. The third-order valence-corrected chi connectivity index (χ3v) is 5.54. The summed E-state index contributed by atoms with van der Waals surface area (Å²) in [5, 5.41) is 3.67. The highest BCUT2D eigenvalue weighted by Crippen LogP contribution is 2.32. The summed E-state index contributed by atoms with van der Waals surface area (Å²) in [4.78, 5) is 14.8. The number of fused-ring (bicyclic) bond motifs is 1. The molecule has 2 heterocycles. The van der Waals surface area contributed by atoms with Gasteiger partial charge in [0, 0.05) is 25.7 Å². The highest BCUT2D eigenvalue weighted by molar-refractivity contribution is 5.82. The molecule has 0 spiro atoms. The first kappa shape index (κ1) is 15.3. The first-order valence-electron chi connectivity index (χ1n) is 8.94. The molecule has 2 saturated heterocycles. The van der Waals surface area contributed by atoms with Gasteiger partial charge in [-0.2, -0.15) is 0 Å². The van der Waals surface area contributed by atoms with Gasteiger partial charge < -0.3 is 15.0 Å². The molecule has 0 bridgehead atoms. The van der Waals surface area contributed by atoms with Crippen LogP contribution in [0.15, 0.2) is 0 Å². The van der Waals surface area contributed by atoms with Crippen molar-refractivity contribution >= 4 is 5.91 Å². The zero-order valence-electron chi connectivity index (χ0n) is 13.4. The number of nitrogens with one attached hydrogen (secondary N) is 1. The van der Waals surface area contributed by atoms with E-state index in [4.69, 9.17) is 4.74 Å². The van der Waals surface area contributed by atoms with E-state index in [-0.39, 0.29) is 12.1 Å². The zero-order valence-corrected chi connectivity index (χ0v) is 13.4. The van der Waals surface area contributed by atoms with Gasteiger partial charge in [0.05, 0.1) is 12.1 Å². The number of hydrogen-bond acceptors (Lipinski definition) is 3. The standard InChI is InChI=1S/C17H30N2O2/c1-2-21-14-7-5-11-19(12-14)17(20)16-10-9-13-6-3-4-8-15(13)18-16/h13-16,18H,2-12H2,1H3. The van der Waals surface area contributed by atoms with E-state index >= 15 is 0 Å². The van der Waals surface area contributed by atoms with E-state index in [9.17, 15) is 4.79 Å². The fraction of sp³-hybridized carbons (Fsp3) is 0.941. The molecule has 1 saturated carbocycles. The van der Waals surface area contributed by atoms with Crippen LogP contribution in [-0.2, 0) is 9.53 Å². The first-order chi connectivity index (χ1) is 10.3. The number of carbonyl (C=O) groups is 1. The van der Waals surface area contributed by atoms with Crippen LogP contribution >= 0.6 is 0 Å². The fourth-order valence-corrected chi connectivity index (χ4v) is 4.42. The lowest BCUT2D eigenvalue weighted by molar-refractivity contribution is -0.139. The molecule has 4 heteroatoms. The van der Waals surface area contributed by atoms with Gasteiger partial charge in [-0.1, -0.05) is 12.8 Å². The van der Waals surface area contributed by atoms with Gasteiger partial charge in [0.2, 0.25) is 5.91 Å². The van der Waals surface area contributed by atoms with Crippen LogP contribution in [0.4, 0.5) is 0 Å². The predicted molar refractivity (Wildman–Crippen MR) is 83.1 cm³/mol. The number of carbonyl (C=O) groups excluding carboxylic acids is 1. The first-order valence-corrected chi connectivity index (χ1v) is 8.94. The molecular formula is C17H30N2O2. The number of hydrogen-bond donors (Lipinski definition) is 1. The van der Waals surface area contributed by atoms with Crippen molar-refractivity contribution in [2.45, 2.75) is 76.5 Å². The lowest BCUT2D eigenvalue weighted by atomic mass is 9.77. The Morgan fingerprint density at radius 1 is 1.14 bits per heavy atom. The largest absolute Gasteiger partial charge is 0.377 e. The molecule has 4 nitrogen and oxygen atoms in total. The average Bonchev–Trinajstić information content (AvgIpc) is 2.54. The third-order valence-electron chi connectivity index (χ3n) is 5.54. The van der Waals surface area contributed by atoms with E-state index in [1.165, 1.54) is 32.1 Å². The summed E-state index contributed by atoms with van der Waals surface area (Å²) in [5.74, 6) is 1.14. The van der Waals surface area contributed by atoms with Gasteiger partial charge in [-0.05, 0) is 51.4 Å². The summed E-state index contributed by atoms with van der Waals surface area (Å²) in [7, 11) is 0. The lowest BCUT2D eigenvalue weighted by Crippen LogP contribution is -2.57. The maximum Gasteiger partial charge on any atom is 0.239 e. The highest BCUT2D eigenvalue weighted by atomic mass is 16.5. The number of likely N-dealkylation sites (tertiary alicyclic amines) is 1. The number of amides is 1. The molecule has 4 atom stereocenters. The Labute approximate surface area is 128 Å². The van der Waals surface area contributed by atoms with Crippen LogP contribution in [0.2, 0.25) is 0 Å². The number of ether oxygens (including phenoxy) is 1. The second-order valence-corrected chi connectivity index (χ2v) is 6.95. The van der Waals surface area contributed by atoms with E-state index in [1.807, 2.05) is 11.8 Å². The van der Waals surface area contributed by atoms with E-state index < -0.39 is 0 Å². The second-order valence-electron chi connectivity index (χ2n) is 6.95. The van der Waals surface area contributed by atoms with Gasteiger partial charge in [0.15, 0.2) is 0 Å². The smallest absolute Gasteiger partial charge is 0.239 e. The van der Waals surface area contributed by atoms with E-state index in [1.54, 1.807) is 0 Å². The Hall–Kier alpha value is -0.610. The normalized spacial score (nSPS) is 37.1. The molecule has 3 rings (SSSR count). The molecule has 4 unspecified atom stereocenters. The monoisotopic (exact) mass is 294 g/mol. The minimum Gasteiger partial charge on any atom is -0.377 e. The minimum absolute atomic E-state index is 0.0599. The van der Waals surface area contributed by atoms with Crippen LogP contribution in [0.5, 0.6) is 0 Å². The van der Waals surface area contributed by atoms with Gasteiger partial charge in [0.25, 0.3) is 0 Å². The van der Waals surface area contributed by atoms with Gasteiger partial charge in [0.1, 0.15) is 0 Å². The summed E-state index contributed by atoms with van der Waals surface area (Å²) >= 11 is 0. The van der Waals surface area contributed by atoms with Crippen molar-refractivity contribution in [1.82, 2.24) is 10.2 Å². The number of rotatable bonds is 3. The van der Waals surface area contributed by atoms with Gasteiger partial charge in [-0.15, -0.1) is 0 Å².